The zero-order chi connectivity index (χ0) is 13.0. The predicted octanol–water partition coefficient (Wildman–Crippen LogP) is 1.89. The fourth-order valence-electron chi connectivity index (χ4n) is 1.35. The number of hydrogen-bond donors (Lipinski definition) is 2. The Kier molecular flexibility index (Phi) is 3.98. The van der Waals surface area contributed by atoms with Crippen LogP contribution in [0.15, 0.2) is 30.8 Å². The first-order valence-corrected chi connectivity index (χ1v) is 4.86. The maximum absolute atomic E-state index is 12.8. The highest BCUT2D eigenvalue weighted by molar-refractivity contribution is 5.83. The van der Waals surface area contributed by atoms with Crippen molar-refractivity contribution in [1.29, 1.82) is 0 Å². The van der Waals surface area contributed by atoms with E-state index in [2.05, 4.69) is 11.9 Å². The van der Waals surface area contributed by atoms with Gasteiger partial charge in [0.2, 0.25) is 5.91 Å². The molecule has 5 heteroatoms. The first-order chi connectivity index (χ1) is 7.91. The van der Waals surface area contributed by atoms with Crippen molar-refractivity contribution >= 4 is 17.7 Å². The quantitative estimate of drug-likeness (QED) is 0.840. The highest BCUT2D eigenvalue weighted by Crippen LogP contribution is 2.18. The van der Waals surface area contributed by atoms with Crippen LogP contribution >= 0.6 is 0 Å². The summed E-state index contributed by atoms with van der Waals surface area (Å²) >= 11 is 0. The average molecular weight is 237 g/mol. The van der Waals surface area contributed by atoms with Crippen molar-refractivity contribution in [1.82, 2.24) is 5.32 Å². The molecule has 0 saturated heterocycles. The van der Waals surface area contributed by atoms with Crippen LogP contribution in [0.5, 0.6) is 0 Å². The van der Waals surface area contributed by atoms with Gasteiger partial charge in [0, 0.05) is 12.5 Å². The minimum absolute atomic E-state index is 0.278. The van der Waals surface area contributed by atoms with E-state index in [-0.39, 0.29) is 5.56 Å². The fourth-order valence-corrected chi connectivity index (χ4v) is 1.35. The number of carboxylic acid groups (broad SMARTS) is 1. The van der Waals surface area contributed by atoms with Gasteiger partial charge in [-0.25, -0.2) is 9.18 Å². The number of halogens is 1. The number of carbonyl (C=O) groups is 2. The normalized spacial score (nSPS) is 11.6. The van der Waals surface area contributed by atoms with E-state index in [1.807, 2.05) is 0 Å². The van der Waals surface area contributed by atoms with E-state index in [0.717, 1.165) is 0 Å². The van der Waals surface area contributed by atoms with Gasteiger partial charge in [-0.1, -0.05) is 30.8 Å². The monoisotopic (exact) mass is 237 g/mol. The van der Waals surface area contributed by atoms with Gasteiger partial charge in [-0.3, -0.25) is 4.79 Å². The summed E-state index contributed by atoms with van der Waals surface area (Å²) in [6, 6.07) is 4.57. The Morgan fingerprint density at radius 3 is 2.24 bits per heavy atom. The van der Waals surface area contributed by atoms with Crippen LogP contribution in [0, 0.1) is 0 Å². The summed E-state index contributed by atoms with van der Waals surface area (Å²) in [5.41, 5.74) is 0.651. The number of amides is 1. The molecule has 4 nitrogen and oxygen atoms in total. The van der Waals surface area contributed by atoms with Crippen LogP contribution < -0.4 is 5.32 Å². The van der Waals surface area contributed by atoms with Gasteiger partial charge in [-0.05, 0) is 5.56 Å². The zero-order valence-electron chi connectivity index (χ0n) is 9.24. The standard InChI is InChI=1S/C12H12FNO3/c1-7(13)9-3-5-10(6-4-9)11(12(16)17)14-8(2)15/h3-6,11H,1H2,2H3,(H,14,15)(H,16,17). The second-order valence-electron chi connectivity index (χ2n) is 3.50. The lowest BCUT2D eigenvalue weighted by Gasteiger charge is -2.13. The van der Waals surface area contributed by atoms with E-state index in [1.165, 1.54) is 31.2 Å². The van der Waals surface area contributed by atoms with E-state index < -0.39 is 23.7 Å². The molecule has 2 N–H and O–H groups in total. The minimum Gasteiger partial charge on any atom is -0.479 e. The molecule has 0 saturated carbocycles. The second kappa shape index (κ2) is 5.25. The van der Waals surface area contributed by atoms with Crippen molar-refractivity contribution in [3.8, 4) is 0 Å². The SMILES string of the molecule is C=C(F)c1ccc(C(NC(C)=O)C(=O)O)cc1. The number of nitrogens with one attached hydrogen (secondary N) is 1. The summed E-state index contributed by atoms with van der Waals surface area (Å²) in [5.74, 6) is -2.22. The molecule has 0 radical (unpaired) electrons. The number of hydrogen-bond acceptors (Lipinski definition) is 2. The zero-order valence-corrected chi connectivity index (χ0v) is 9.24. The third-order valence-electron chi connectivity index (χ3n) is 2.15. The molecule has 1 rings (SSSR count). The van der Waals surface area contributed by atoms with Crippen LogP contribution in [0.3, 0.4) is 0 Å². The summed E-state index contributed by atoms with van der Waals surface area (Å²) in [7, 11) is 0. The Morgan fingerprint density at radius 1 is 1.35 bits per heavy atom. The third-order valence-corrected chi connectivity index (χ3v) is 2.15. The van der Waals surface area contributed by atoms with Crippen molar-refractivity contribution in [3.05, 3.63) is 42.0 Å². The number of aliphatic carboxylic acids is 1. The lowest BCUT2D eigenvalue weighted by atomic mass is 10.0. The summed E-state index contributed by atoms with van der Waals surface area (Å²) in [6.45, 7) is 4.36. The van der Waals surface area contributed by atoms with Gasteiger partial charge in [0.1, 0.15) is 5.83 Å². The lowest BCUT2D eigenvalue weighted by molar-refractivity contribution is -0.141. The molecule has 17 heavy (non-hydrogen) atoms. The number of carbonyl (C=O) groups excluding carboxylic acids is 1. The van der Waals surface area contributed by atoms with E-state index in [0.29, 0.717) is 5.56 Å². The maximum Gasteiger partial charge on any atom is 0.330 e. The molecule has 1 amide bonds. The van der Waals surface area contributed by atoms with Crippen molar-refractivity contribution in [2.24, 2.45) is 0 Å². The molecule has 0 fully saturated rings. The largest absolute Gasteiger partial charge is 0.479 e. The highest BCUT2D eigenvalue weighted by atomic mass is 19.1. The molecule has 0 aromatic heterocycles. The van der Waals surface area contributed by atoms with Crippen LogP contribution in [0.4, 0.5) is 4.39 Å². The van der Waals surface area contributed by atoms with Crippen molar-refractivity contribution < 1.29 is 19.1 Å². The Hall–Kier alpha value is -2.17. The Morgan fingerprint density at radius 2 is 1.88 bits per heavy atom. The summed E-state index contributed by atoms with van der Waals surface area (Å²) in [4.78, 5) is 21.8. The Bertz CT molecular complexity index is 453. The Balaban J connectivity index is 2.99. The van der Waals surface area contributed by atoms with Crippen molar-refractivity contribution in [3.63, 3.8) is 0 Å². The predicted molar refractivity (Wildman–Crippen MR) is 60.8 cm³/mol. The van der Waals surface area contributed by atoms with Gasteiger partial charge in [0.25, 0.3) is 0 Å². The molecule has 0 aliphatic rings. The molecule has 0 bridgehead atoms. The third kappa shape index (κ3) is 3.41. The van der Waals surface area contributed by atoms with Gasteiger partial charge in [0.05, 0.1) is 0 Å². The molecule has 1 aromatic carbocycles. The molecule has 1 aromatic rings. The molecular weight excluding hydrogens is 225 g/mol. The Labute approximate surface area is 97.8 Å². The van der Waals surface area contributed by atoms with Crippen LogP contribution in [-0.2, 0) is 9.59 Å². The highest BCUT2D eigenvalue weighted by Gasteiger charge is 2.20. The van der Waals surface area contributed by atoms with Crippen molar-refractivity contribution in [2.45, 2.75) is 13.0 Å². The van der Waals surface area contributed by atoms with E-state index >= 15 is 0 Å². The number of rotatable bonds is 4. The van der Waals surface area contributed by atoms with Crippen LogP contribution in [-0.4, -0.2) is 17.0 Å². The molecule has 0 heterocycles. The molecule has 0 aliphatic heterocycles. The van der Waals surface area contributed by atoms with Crippen LogP contribution in [0.25, 0.3) is 5.83 Å². The molecule has 0 spiro atoms. The van der Waals surface area contributed by atoms with Gasteiger partial charge in [-0.15, -0.1) is 0 Å². The fraction of sp³-hybridized carbons (Fsp3) is 0.167. The minimum atomic E-state index is -1.17. The summed E-state index contributed by atoms with van der Waals surface area (Å²) in [5, 5.41) is 11.2. The van der Waals surface area contributed by atoms with Gasteiger partial charge < -0.3 is 10.4 Å². The second-order valence-corrected chi connectivity index (χ2v) is 3.50. The van der Waals surface area contributed by atoms with E-state index in [9.17, 15) is 14.0 Å². The number of carboxylic acids is 1. The smallest absolute Gasteiger partial charge is 0.330 e. The van der Waals surface area contributed by atoms with Gasteiger partial charge >= 0.3 is 5.97 Å². The molecule has 1 unspecified atom stereocenters. The average Bonchev–Trinajstić information content (AvgIpc) is 2.25. The molecule has 1 atom stereocenters. The van der Waals surface area contributed by atoms with E-state index in [4.69, 9.17) is 5.11 Å². The molecule has 90 valence electrons. The molecular formula is C12H12FNO3. The van der Waals surface area contributed by atoms with E-state index in [1.54, 1.807) is 0 Å². The first kappa shape index (κ1) is 12.9. The van der Waals surface area contributed by atoms with Gasteiger partial charge in [-0.2, -0.15) is 0 Å². The van der Waals surface area contributed by atoms with Crippen LogP contribution in [0.2, 0.25) is 0 Å². The number of benzene rings is 1. The topological polar surface area (TPSA) is 66.4 Å². The summed E-state index contributed by atoms with van der Waals surface area (Å²) < 4.78 is 12.8. The summed E-state index contributed by atoms with van der Waals surface area (Å²) in [6.07, 6.45) is 0. The van der Waals surface area contributed by atoms with Crippen molar-refractivity contribution in [2.75, 3.05) is 0 Å². The molecule has 0 aliphatic carbocycles. The van der Waals surface area contributed by atoms with Gasteiger partial charge in [0.15, 0.2) is 6.04 Å². The van der Waals surface area contributed by atoms with Crippen LogP contribution in [0.1, 0.15) is 24.1 Å². The lowest BCUT2D eigenvalue weighted by Crippen LogP contribution is -2.31. The first-order valence-electron chi connectivity index (χ1n) is 4.86. The maximum atomic E-state index is 12.8.